The van der Waals surface area contributed by atoms with Gasteiger partial charge in [-0.3, -0.25) is 0 Å². The molecule has 0 aliphatic carbocycles. The molecule has 0 saturated carbocycles. The minimum Gasteiger partial charge on any atom is -0.368 e. The first-order valence-electron chi connectivity index (χ1n) is 5.34. The number of hydrogen-bond donors (Lipinski definition) is 2. The lowest BCUT2D eigenvalue weighted by atomic mass is 10.4. The van der Waals surface area contributed by atoms with E-state index in [1.54, 1.807) is 6.07 Å². The molecule has 17 heavy (non-hydrogen) atoms. The van der Waals surface area contributed by atoms with Crippen molar-refractivity contribution in [2.24, 2.45) is 0 Å². The Morgan fingerprint density at radius 1 is 1.35 bits per heavy atom. The summed E-state index contributed by atoms with van der Waals surface area (Å²) in [6.07, 6.45) is 1.47. The molecule has 0 fully saturated rings. The molecule has 2 heterocycles. The number of aryl methyl sites for hydroxylation is 1. The Morgan fingerprint density at radius 2 is 2.12 bits per heavy atom. The Bertz CT molecular complexity index is 517. The van der Waals surface area contributed by atoms with Crippen LogP contribution < -0.4 is 11.1 Å². The van der Waals surface area contributed by atoms with Crippen LogP contribution in [0.4, 0.5) is 11.9 Å². The van der Waals surface area contributed by atoms with Crippen LogP contribution in [0.15, 0.2) is 12.4 Å². The van der Waals surface area contributed by atoms with Gasteiger partial charge in [0.15, 0.2) is 5.82 Å². The highest BCUT2D eigenvalue weighted by Gasteiger charge is 2.10. The fraction of sp³-hybridized carbons (Fsp3) is 0.400. The van der Waals surface area contributed by atoms with Crippen LogP contribution >= 0.6 is 0 Å². The second kappa shape index (κ2) is 4.36. The molecule has 90 valence electrons. The number of hydrogen-bond acceptors (Lipinski definition) is 6. The topological polar surface area (TPSA) is 94.5 Å². The Kier molecular flexibility index (Phi) is 2.90. The number of nitrogen functional groups attached to an aromatic ring is 1. The first kappa shape index (κ1) is 11.3. The molecular formula is C10H15N7. The molecule has 0 amide bonds. The molecule has 0 spiro atoms. The number of nitrogens with one attached hydrogen (secondary N) is 1. The van der Waals surface area contributed by atoms with E-state index in [9.17, 15) is 0 Å². The quantitative estimate of drug-likeness (QED) is 0.813. The third-order valence-electron chi connectivity index (χ3n) is 2.06. The van der Waals surface area contributed by atoms with Gasteiger partial charge in [-0.2, -0.15) is 9.67 Å². The highest BCUT2D eigenvalue weighted by Crippen LogP contribution is 2.12. The molecule has 2 rings (SSSR count). The van der Waals surface area contributed by atoms with E-state index in [-0.39, 0.29) is 6.04 Å². The van der Waals surface area contributed by atoms with Crippen molar-refractivity contribution in [3.05, 3.63) is 18.1 Å². The van der Waals surface area contributed by atoms with Gasteiger partial charge in [0.1, 0.15) is 6.33 Å². The Morgan fingerprint density at radius 3 is 2.76 bits per heavy atom. The normalized spacial score (nSPS) is 10.8. The number of nitrogens with zero attached hydrogens (tertiary/aromatic N) is 5. The van der Waals surface area contributed by atoms with Gasteiger partial charge < -0.3 is 11.1 Å². The molecule has 3 N–H and O–H groups in total. The lowest BCUT2D eigenvalue weighted by molar-refractivity contribution is 0.825. The first-order chi connectivity index (χ1) is 8.06. The van der Waals surface area contributed by atoms with Gasteiger partial charge in [-0.15, -0.1) is 5.10 Å². The Hall–Kier alpha value is -2.18. The third-order valence-corrected chi connectivity index (χ3v) is 2.06. The van der Waals surface area contributed by atoms with Crippen LogP contribution in [-0.2, 0) is 0 Å². The maximum Gasteiger partial charge on any atom is 0.244 e. The SMILES string of the molecule is Cc1cc(-n2nc(NC(C)C)nc2N)ncn1. The highest BCUT2D eigenvalue weighted by atomic mass is 15.4. The molecule has 0 saturated heterocycles. The van der Waals surface area contributed by atoms with E-state index in [0.29, 0.717) is 17.7 Å². The summed E-state index contributed by atoms with van der Waals surface area (Å²) >= 11 is 0. The van der Waals surface area contributed by atoms with Crippen molar-refractivity contribution in [3.63, 3.8) is 0 Å². The van der Waals surface area contributed by atoms with Crippen LogP contribution in [-0.4, -0.2) is 30.8 Å². The van der Waals surface area contributed by atoms with Gasteiger partial charge >= 0.3 is 0 Å². The van der Waals surface area contributed by atoms with E-state index < -0.39 is 0 Å². The standard InChI is InChI=1S/C10H15N7/c1-6(2)14-10-15-9(11)17(16-10)8-4-7(3)12-5-13-8/h4-6H,1-3H3,(H3,11,14,15,16). The van der Waals surface area contributed by atoms with Gasteiger partial charge in [0, 0.05) is 17.8 Å². The lowest BCUT2D eigenvalue weighted by Crippen LogP contribution is -2.11. The molecule has 2 aromatic rings. The summed E-state index contributed by atoms with van der Waals surface area (Å²) in [5.74, 6) is 1.40. The lowest BCUT2D eigenvalue weighted by Gasteiger charge is -2.03. The van der Waals surface area contributed by atoms with Crippen molar-refractivity contribution < 1.29 is 0 Å². The number of rotatable bonds is 3. The van der Waals surface area contributed by atoms with E-state index in [0.717, 1.165) is 5.69 Å². The predicted molar refractivity (Wildman–Crippen MR) is 64.9 cm³/mol. The van der Waals surface area contributed by atoms with Crippen molar-refractivity contribution >= 4 is 11.9 Å². The summed E-state index contributed by atoms with van der Waals surface area (Å²) in [4.78, 5) is 12.2. The van der Waals surface area contributed by atoms with Crippen LogP contribution in [0.5, 0.6) is 0 Å². The number of aromatic nitrogens is 5. The van der Waals surface area contributed by atoms with Crippen LogP contribution in [0.25, 0.3) is 5.82 Å². The number of nitrogens with two attached hydrogens (primary N) is 1. The largest absolute Gasteiger partial charge is 0.368 e. The minimum absolute atomic E-state index is 0.248. The average molecular weight is 233 g/mol. The smallest absolute Gasteiger partial charge is 0.244 e. The average Bonchev–Trinajstić information content (AvgIpc) is 2.58. The fourth-order valence-corrected chi connectivity index (χ4v) is 1.37. The van der Waals surface area contributed by atoms with E-state index in [4.69, 9.17) is 5.73 Å². The van der Waals surface area contributed by atoms with Gasteiger partial charge in [0.25, 0.3) is 0 Å². The summed E-state index contributed by atoms with van der Waals surface area (Å²) < 4.78 is 1.49. The zero-order chi connectivity index (χ0) is 12.4. The van der Waals surface area contributed by atoms with Gasteiger partial charge in [-0.1, -0.05) is 0 Å². The highest BCUT2D eigenvalue weighted by molar-refractivity contribution is 5.38. The second-order valence-corrected chi connectivity index (χ2v) is 4.02. The van der Waals surface area contributed by atoms with Gasteiger partial charge in [-0.05, 0) is 20.8 Å². The Balaban J connectivity index is 2.36. The molecule has 2 aromatic heterocycles. The molecule has 7 nitrogen and oxygen atoms in total. The van der Waals surface area contributed by atoms with Crippen molar-refractivity contribution in [3.8, 4) is 5.82 Å². The molecular weight excluding hydrogens is 218 g/mol. The minimum atomic E-state index is 0.248. The Labute approximate surface area is 99.1 Å². The van der Waals surface area contributed by atoms with Crippen LogP contribution in [0, 0.1) is 6.92 Å². The van der Waals surface area contributed by atoms with Gasteiger partial charge in [0.05, 0.1) is 0 Å². The second-order valence-electron chi connectivity index (χ2n) is 4.02. The summed E-state index contributed by atoms with van der Waals surface area (Å²) in [5, 5.41) is 7.32. The maximum absolute atomic E-state index is 5.79. The van der Waals surface area contributed by atoms with E-state index in [1.165, 1.54) is 11.0 Å². The van der Waals surface area contributed by atoms with Crippen molar-refractivity contribution in [2.45, 2.75) is 26.8 Å². The van der Waals surface area contributed by atoms with Crippen molar-refractivity contribution in [1.82, 2.24) is 24.7 Å². The fourth-order valence-electron chi connectivity index (χ4n) is 1.37. The van der Waals surface area contributed by atoms with E-state index >= 15 is 0 Å². The zero-order valence-electron chi connectivity index (χ0n) is 10.0. The first-order valence-corrected chi connectivity index (χ1v) is 5.34. The third kappa shape index (κ3) is 2.49. The van der Waals surface area contributed by atoms with Crippen LogP contribution in [0.1, 0.15) is 19.5 Å². The van der Waals surface area contributed by atoms with E-state index in [2.05, 4.69) is 25.4 Å². The van der Waals surface area contributed by atoms with Gasteiger partial charge in [0.2, 0.25) is 11.9 Å². The molecule has 7 heteroatoms. The molecule has 0 aliphatic rings. The molecule has 0 bridgehead atoms. The van der Waals surface area contributed by atoms with Crippen molar-refractivity contribution in [2.75, 3.05) is 11.1 Å². The van der Waals surface area contributed by atoms with Gasteiger partial charge in [-0.25, -0.2) is 9.97 Å². The van der Waals surface area contributed by atoms with Crippen LogP contribution in [0.2, 0.25) is 0 Å². The molecule has 0 aliphatic heterocycles. The molecule has 0 aromatic carbocycles. The zero-order valence-corrected chi connectivity index (χ0v) is 10.0. The number of anilines is 2. The summed E-state index contributed by atoms with van der Waals surface area (Å²) in [6.45, 7) is 5.89. The monoisotopic (exact) mass is 233 g/mol. The molecule has 0 unspecified atom stereocenters. The molecule has 0 atom stereocenters. The summed E-state index contributed by atoms with van der Waals surface area (Å²) in [6, 6.07) is 2.04. The van der Waals surface area contributed by atoms with Crippen LogP contribution in [0.3, 0.4) is 0 Å². The summed E-state index contributed by atoms with van der Waals surface area (Å²) in [7, 11) is 0. The maximum atomic E-state index is 5.79. The predicted octanol–water partition coefficient (Wildman–Crippen LogP) is 0.768. The van der Waals surface area contributed by atoms with E-state index in [1.807, 2.05) is 20.8 Å². The summed E-state index contributed by atoms with van der Waals surface area (Å²) in [5.41, 5.74) is 6.64. The molecule has 0 radical (unpaired) electrons. The van der Waals surface area contributed by atoms with Crippen molar-refractivity contribution in [1.29, 1.82) is 0 Å².